The van der Waals surface area contributed by atoms with Crippen LogP contribution in [0.15, 0.2) is 5.38 Å². The Morgan fingerprint density at radius 1 is 1.62 bits per heavy atom. The zero-order chi connectivity index (χ0) is 11.4. The van der Waals surface area contributed by atoms with E-state index in [4.69, 9.17) is 4.74 Å². The summed E-state index contributed by atoms with van der Waals surface area (Å²) in [6.45, 7) is 3.90. The van der Waals surface area contributed by atoms with Crippen LogP contribution in [0.2, 0.25) is 0 Å². The van der Waals surface area contributed by atoms with Gasteiger partial charge in [-0.3, -0.25) is 0 Å². The van der Waals surface area contributed by atoms with E-state index in [0.29, 0.717) is 6.04 Å². The lowest BCUT2D eigenvalue weighted by Crippen LogP contribution is -2.31. The molecule has 1 heterocycles. The van der Waals surface area contributed by atoms with E-state index in [1.807, 2.05) is 0 Å². The molecule has 1 fully saturated rings. The number of nitrogens with one attached hydrogen (secondary N) is 1. The molecule has 4 heteroatoms. The summed E-state index contributed by atoms with van der Waals surface area (Å²) in [7, 11) is 1.74. The average molecular weight is 240 g/mol. The fraction of sp³-hybridized carbons (Fsp3) is 0.750. The quantitative estimate of drug-likeness (QED) is 0.793. The molecule has 0 aromatic carbocycles. The zero-order valence-corrected chi connectivity index (χ0v) is 10.8. The van der Waals surface area contributed by atoms with Crippen LogP contribution in [0, 0.1) is 0 Å². The summed E-state index contributed by atoms with van der Waals surface area (Å²) in [5, 5.41) is 6.92. The Balaban J connectivity index is 1.68. The van der Waals surface area contributed by atoms with Crippen molar-refractivity contribution in [2.45, 2.75) is 38.1 Å². The van der Waals surface area contributed by atoms with E-state index in [2.05, 4.69) is 22.6 Å². The van der Waals surface area contributed by atoms with Crippen molar-refractivity contribution in [1.82, 2.24) is 10.3 Å². The smallest absolute Gasteiger partial charge is 0.0941 e. The van der Waals surface area contributed by atoms with E-state index in [-0.39, 0.29) is 0 Å². The minimum absolute atomic E-state index is 0.424. The van der Waals surface area contributed by atoms with Gasteiger partial charge in [0.2, 0.25) is 0 Å². The first kappa shape index (κ1) is 12.0. The molecule has 0 saturated heterocycles. The number of hydrogen-bond acceptors (Lipinski definition) is 4. The Morgan fingerprint density at radius 2 is 2.44 bits per heavy atom. The molecule has 1 aromatic heterocycles. The van der Waals surface area contributed by atoms with Gasteiger partial charge in [0.1, 0.15) is 0 Å². The Morgan fingerprint density at radius 3 is 3.12 bits per heavy atom. The van der Waals surface area contributed by atoms with Crippen molar-refractivity contribution in [3.8, 4) is 0 Å². The largest absolute Gasteiger partial charge is 0.383 e. The van der Waals surface area contributed by atoms with E-state index >= 15 is 0 Å². The Bertz CT molecular complexity index is 323. The number of thiazole rings is 1. The summed E-state index contributed by atoms with van der Waals surface area (Å²) in [5.74, 6) is 0.783. The fourth-order valence-electron chi connectivity index (χ4n) is 1.74. The molecule has 0 bridgehead atoms. The number of ether oxygens (including phenoxy) is 1. The van der Waals surface area contributed by atoms with Crippen LogP contribution in [0.5, 0.6) is 0 Å². The molecule has 0 aliphatic heterocycles. The average Bonchev–Trinajstić information content (AvgIpc) is 3.00. The highest BCUT2D eigenvalue weighted by molar-refractivity contribution is 7.09. The van der Waals surface area contributed by atoms with E-state index in [1.54, 1.807) is 18.4 Å². The van der Waals surface area contributed by atoms with Crippen LogP contribution in [0.25, 0.3) is 0 Å². The predicted octanol–water partition coefficient (Wildman–Crippen LogP) is 2.19. The Labute approximate surface area is 101 Å². The molecule has 0 spiro atoms. The molecule has 1 atom stereocenters. The molecule has 1 saturated carbocycles. The molecule has 0 amide bonds. The van der Waals surface area contributed by atoms with Crippen molar-refractivity contribution in [3.63, 3.8) is 0 Å². The maximum atomic E-state index is 5.07. The molecule has 1 N–H and O–H groups in total. The Kier molecular flexibility index (Phi) is 4.32. The number of nitrogens with zero attached hydrogens (tertiary/aromatic N) is 1. The lowest BCUT2D eigenvalue weighted by atomic mass is 10.3. The number of methoxy groups -OCH3 is 1. The Hall–Kier alpha value is -0.450. The minimum Gasteiger partial charge on any atom is -0.383 e. The fourth-order valence-corrected chi connectivity index (χ4v) is 2.62. The number of aromatic nitrogens is 1. The highest BCUT2D eigenvalue weighted by atomic mass is 32.1. The standard InChI is InChI=1S/C12H20N2OS/c1-9(7-15-2)13-6-5-12-14-11(8-16-12)10-3-4-10/h8-10,13H,3-7H2,1-2H3. The topological polar surface area (TPSA) is 34.1 Å². The van der Waals surface area contributed by atoms with Gasteiger partial charge in [0.25, 0.3) is 0 Å². The molecule has 3 nitrogen and oxygen atoms in total. The maximum Gasteiger partial charge on any atom is 0.0941 e. The summed E-state index contributed by atoms with van der Waals surface area (Å²) in [4.78, 5) is 4.66. The molecule has 1 unspecified atom stereocenters. The molecule has 1 aromatic rings. The highest BCUT2D eigenvalue weighted by Crippen LogP contribution is 2.40. The van der Waals surface area contributed by atoms with Gasteiger partial charge in [-0.15, -0.1) is 11.3 Å². The summed E-state index contributed by atoms with van der Waals surface area (Å²) < 4.78 is 5.07. The monoisotopic (exact) mass is 240 g/mol. The molecular formula is C12H20N2OS. The second kappa shape index (κ2) is 5.75. The van der Waals surface area contributed by atoms with E-state index in [0.717, 1.165) is 25.5 Å². The van der Waals surface area contributed by atoms with Gasteiger partial charge in [-0.1, -0.05) is 0 Å². The lowest BCUT2D eigenvalue weighted by Gasteiger charge is -2.11. The molecule has 16 heavy (non-hydrogen) atoms. The van der Waals surface area contributed by atoms with Gasteiger partial charge in [-0.05, 0) is 19.8 Å². The number of hydrogen-bond donors (Lipinski definition) is 1. The summed E-state index contributed by atoms with van der Waals surface area (Å²) >= 11 is 1.80. The van der Waals surface area contributed by atoms with Crippen LogP contribution < -0.4 is 5.32 Å². The minimum atomic E-state index is 0.424. The zero-order valence-electron chi connectivity index (χ0n) is 10.0. The summed E-state index contributed by atoms with van der Waals surface area (Å²) in [5.41, 5.74) is 1.32. The van der Waals surface area contributed by atoms with Gasteiger partial charge < -0.3 is 10.1 Å². The highest BCUT2D eigenvalue weighted by Gasteiger charge is 2.25. The molecule has 90 valence electrons. The van der Waals surface area contributed by atoms with Gasteiger partial charge in [0.05, 0.1) is 17.3 Å². The van der Waals surface area contributed by atoms with Crippen LogP contribution in [0.4, 0.5) is 0 Å². The molecule has 1 aliphatic rings. The van der Waals surface area contributed by atoms with Crippen molar-refractivity contribution < 1.29 is 4.74 Å². The first-order valence-corrected chi connectivity index (χ1v) is 6.84. The SMILES string of the molecule is COCC(C)NCCc1nc(C2CC2)cs1. The first-order valence-electron chi connectivity index (χ1n) is 5.96. The van der Waals surface area contributed by atoms with E-state index in [1.165, 1.54) is 23.5 Å². The van der Waals surface area contributed by atoms with Crippen molar-refractivity contribution in [2.75, 3.05) is 20.3 Å². The van der Waals surface area contributed by atoms with Gasteiger partial charge in [-0.2, -0.15) is 0 Å². The van der Waals surface area contributed by atoms with Crippen molar-refractivity contribution in [1.29, 1.82) is 0 Å². The first-order chi connectivity index (χ1) is 7.79. The van der Waals surface area contributed by atoms with Gasteiger partial charge in [0.15, 0.2) is 0 Å². The third kappa shape index (κ3) is 3.54. The van der Waals surface area contributed by atoms with E-state index < -0.39 is 0 Å². The summed E-state index contributed by atoms with van der Waals surface area (Å²) in [6.07, 6.45) is 3.71. The van der Waals surface area contributed by atoms with Crippen LogP contribution in [-0.4, -0.2) is 31.3 Å². The lowest BCUT2D eigenvalue weighted by molar-refractivity contribution is 0.172. The van der Waals surface area contributed by atoms with Crippen LogP contribution in [-0.2, 0) is 11.2 Å². The van der Waals surface area contributed by atoms with Crippen LogP contribution in [0.3, 0.4) is 0 Å². The van der Waals surface area contributed by atoms with Gasteiger partial charge >= 0.3 is 0 Å². The number of rotatable bonds is 7. The van der Waals surface area contributed by atoms with Crippen molar-refractivity contribution >= 4 is 11.3 Å². The van der Waals surface area contributed by atoms with Crippen molar-refractivity contribution in [2.24, 2.45) is 0 Å². The van der Waals surface area contributed by atoms with Crippen molar-refractivity contribution in [3.05, 3.63) is 16.1 Å². The third-order valence-electron chi connectivity index (χ3n) is 2.81. The molecule has 2 rings (SSSR count). The second-order valence-electron chi connectivity index (χ2n) is 4.50. The van der Waals surface area contributed by atoms with Gasteiger partial charge in [0, 0.05) is 37.4 Å². The molecule has 1 aliphatic carbocycles. The van der Waals surface area contributed by atoms with Gasteiger partial charge in [-0.25, -0.2) is 4.98 Å². The second-order valence-corrected chi connectivity index (χ2v) is 5.44. The normalized spacial score (nSPS) is 17.6. The van der Waals surface area contributed by atoms with E-state index in [9.17, 15) is 0 Å². The van der Waals surface area contributed by atoms with Crippen LogP contribution >= 0.6 is 11.3 Å². The van der Waals surface area contributed by atoms with Crippen LogP contribution in [0.1, 0.15) is 36.4 Å². The molecule has 0 radical (unpaired) electrons. The predicted molar refractivity (Wildman–Crippen MR) is 67.1 cm³/mol. The third-order valence-corrected chi connectivity index (χ3v) is 3.74. The summed E-state index contributed by atoms with van der Waals surface area (Å²) in [6, 6.07) is 0.424. The molecular weight excluding hydrogens is 220 g/mol. The maximum absolute atomic E-state index is 5.07.